The highest BCUT2D eigenvalue weighted by molar-refractivity contribution is 5.00. The first-order valence-corrected chi connectivity index (χ1v) is 4.73. The Morgan fingerprint density at radius 2 is 2.17 bits per heavy atom. The van der Waals surface area contributed by atoms with Crippen LogP contribution in [-0.4, -0.2) is 30.1 Å². The maximum Gasteiger partial charge on any atom is 0.0709 e. The van der Waals surface area contributed by atoms with Crippen LogP contribution in [0.15, 0.2) is 0 Å². The molecule has 1 saturated heterocycles. The number of rotatable bonds is 2. The molecule has 1 unspecified atom stereocenters. The lowest BCUT2D eigenvalue weighted by molar-refractivity contribution is 0.180. The Hall–Kier alpha value is -0.520. The summed E-state index contributed by atoms with van der Waals surface area (Å²) in [5, 5.41) is 0. The second-order valence-electron chi connectivity index (χ2n) is 3.46. The Morgan fingerprint density at radius 1 is 1.58 bits per heavy atom. The second-order valence-corrected chi connectivity index (χ2v) is 3.46. The molecule has 68 valence electrons. The highest BCUT2D eigenvalue weighted by Crippen LogP contribution is 2.12. The van der Waals surface area contributed by atoms with Gasteiger partial charge in [-0.05, 0) is 19.3 Å². The number of hydrogen-bond acceptors (Lipinski definition) is 2. The highest BCUT2D eigenvalue weighted by atomic mass is 15.2. The number of likely N-dealkylation sites (tertiary alicyclic amines) is 1. The average molecular weight is 166 g/mol. The molecule has 12 heavy (non-hydrogen) atoms. The Balaban J connectivity index is 2.39. The maximum absolute atomic E-state index is 5.80. The quantitative estimate of drug-likeness (QED) is 0.615. The van der Waals surface area contributed by atoms with Gasteiger partial charge in [0.2, 0.25) is 0 Å². The summed E-state index contributed by atoms with van der Waals surface area (Å²) < 4.78 is 0. The molecule has 2 N–H and O–H groups in total. The van der Waals surface area contributed by atoms with E-state index in [4.69, 9.17) is 12.2 Å². The lowest BCUT2D eigenvalue weighted by Crippen LogP contribution is -2.44. The van der Waals surface area contributed by atoms with Crippen molar-refractivity contribution in [1.29, 1.82) is 0 Å². The molecule has 0 amide bonds. The van der Waals surface area contributed by atoms with Crippen LogP contribution < -0.4 is 5.73 Å². The first-order chi connectivity index (χ1) is 5.77. The zero-order valence-corrected chi connectivity index (χ0v) is 7.79. The smallest absolute Gasteiger partial charge is 0.0709 e. The van der Waals surface area contributed by atoms with E-state index in [-0.39, 0.29) is 0 Å². The molecule has 0 aromatic carbocycles. The van der Waals surface area contributed by atoms with Crippen molar-refractivity contribution in [2.45, 2.75) is 38.3 Å². The van der Waals surface area contributed by atoms with Gasteiger partial charge in [0.1, 0.15) is 0 Å². The molecule has 0 aromatic rings. The topological polar surface area (TPSA) is 29.3 Å². The van der Waals surface area contributed by atoms with Gasteiger partial charge in [0.25, 0.3) is 0 Å². The van der Waals surface area contributed by atoms with E-state index in [9.17, 15) is 0 Å². The standard InChI is InChI=1S/C10H18N2/c1-3-10(4-2)12-7-5-9(11)6-8-12/h1,9-10H,4-8,11H2,2H3. The molecule has 1 aliphatic heterocycles. The van der Waals surface area contributed by atoms with Crippen molar-refractivity contribution in [3.05, 3.63) is 0 Å². The van der Waals surface area contributed by atoms with Gasteiger partial charge in [-0.2, -0.15) is 0 Å². The van der Waals surface area contributed by atoms with E-state index >= 15 is 0 Å². The van der Waals surface area contributed by atoms with Crippen molar-refractivity contribution in [3.63, 3.8) is 0 Å². The molecule has 0 aromatic heterocycles. The molecule has 0 aliphatic carbocycles. The minimum atomic E-state index is 0.331. The molecule has 1 heterocycles. The highest BCUT2D eigenvalue weighted by Gasteiger charge is 2.20. The fourth-order valence-corrected chi connectivity index (χ4v) is 1.71. The van der Waals surface area contributed by atoms with Gasteiger partial charge < -0.3 is 5.73 Å². The summed E-state index contributed by atoms with van der Waals surface area (Å²) in [6.45, 7) is 4.28. The van der Waals surface area contributed by atoms with Crippen molar-refractivity contribution in [3.8, 4) is 12.3 Å². The summed E-state index contributed by atoms with van der Waals surface area (Å²) in [5.41, 5.74) is 5.80. The number of nitrogens with two attached hydrogens (primary N) is 1. The lowest BCUT2D eigenvalue weighted by Gasteiger charge is -2.33. The first kappa shape index (κ1) is 9.57. The molecule has 1 atom stereocenters. The predicted molar refractivity (Wildman–Crippen MR) is 51.7 cm³/mol. The van der Waals surface area contributed by atoms with Crippen LogP contribution in [0.2, 0.25) is 0 Å². The third kappa shape index (κ3) is 2.23. The Labute approximate surface area is 75.1 Å². The molecule has 0 spiro atoms. The summed E-state index contributed by atoms with van der Waals surface area (Å²) in [6.07, 6.45) is 8.66. The molecule has 0 saturated carbocycles. The molecule has 1 fully saturated rings. The molecule has 0 bridgehead atoms. The van der Waals surface area contributed by atoms with E-state index in [2.05, 4.69) is 17.7 Å². The van der Waals surface area contributed by atoms with Crippen molar-refractivity contribution < 1.29 is 0 Å². The lowest BCUT2D eigenvalue weighted by atomic mass is 10.0. The average Bonchev–Trinajstić information content (AvgIpc) is 2.10. The van der Waals surface area contributed by atoms with E-state index in [0.717, 1.165) is 32.4 Å². The van der Waals surface area contributed by atoms with Gasteiger partial charge in [-0.1, -0.05) is 12.8 Å². The molecule has 2 heteroatoms. The molecular weight excluding hydrogens is 148 g/mol. The van der Waals surface area contributed by atoms with Crippen molar-refractivity contribution in [2.24, 2.45) is 5.73 Å². The molecule has 1 aliphatic rings. The maximum atomic E-state index is 5.80. The van der Waals surface area contributed by atoms with E-state index in [0.29, 0.717) is 12.1 Å². The molecular formula is C10H18N2. The zero-order valence-electron chi connectivity index (χ0n) is 7.79. The van der Waals surface area contributed by atoms with Crippen LogP contribution in [-0.2, 0) is 0 Å². The third-order valence-corrected chi connectivity index (χ3v) is 2.59. The summed E-state index contributed by atoms with van der Waals surface area (Å²) in [5.74, 6) is 2.82. The second kappa shape index (κ2) is 4.49. The Kier molecular flexibility index (Phi) is 3.58. The minimum absolute atomic E-state index is 0.331. The van der Waals surface area contributed by atoms with Crippen LogP contribution in [0.4, 0.5) is 0 Å². The third-order valence-electron chi connectivity index (χ3n) is 2.59. The summed E-state index contributed by atoms with van der Waals surface area (Å²) in [6, 6.07) is 0.731. The van der Waals surface area contributed by atoms with Crippen LogP contribution in [0.1, 0.15) is 26.2 Å². The first-order valence-electron chi connectivity index (χ1n) is 4.73. The number of piperidine rings is 1. The van der Waals surface area contributed by atoms with Crippen LogP contribution in [0.25, 0.3) is 0 Å². The molecule has 1 rings (SSSR count). The van der Waals surface area contributed by atoms with Gasteiger partial charge >= 0.3 is 0 Å². The van der Waals surface area contributed by atoms with Crippen molar-refractivity contribution in [1.82, 2.24) is 4.90 Å². The molecule has 2 nitrogen and oxygen atoms in total. The van der Waals surface area contributed by atoms with Gasteiger partial charge in [-0.3, -0.25) is 4.90 Å². The van der Waals surface area contributed by atoms with E-state index in [1.807, 2.05) is 0 Å². The van der Waals surface area contributed by atoms with E-state index in [1.54, 1.807) is 0 Å². The summed E-state index contributed by atoms with van der Waals surface area (Å²) in [4.78, 5) is 2.36. The van der Waals surface area contributed by atoms with Gasteiger partial charge in [-0.25, -0.2) is 0 Å². The van der Waals surface area contributed by atoms with Gasteiger partial charge in [-0.15, -0.1) is 6.42 Å². The van der Waals surface area contributed by atoms with Crippen LogP contribution in [0.5, 0.6) is 0 Å². The Bertz CT molecular complexity index is 163. The van der Waals surface area contributed by atoms with E-state index in [1.165, 1.54) is 0 Å². The minimum Gasteiger partial charge on any atom is -0.328 e. The monoisotopic (exact) mass is 166 g/mol. The van der Waals surface area contributed by atoms with Gasteiger partial charge in [0.05, 0.1) is 6.04 Å². The fourth-order valence-electron chi connectivity index (χ4n) is 1.71. The summed E-state index contributed by atoms with van der Waals surface area (Å²) in [7, 11) is 0. The number of hydrogen-bond donors (Lipinski definition) is 1. The SMILES string of the molecule is C#CC(CC)N1CCC(N)CC1. The fraction of sp³-hybridized carbons (Fsp3) is 0.800. The normalized spacial score (nSPS) is 23.4. The van der Waals surface area contributed by atoms with Gasteiger partial charge in [0.15, 0.2) is 0 Å². The molecule has 0 radical (unpaired) electrons. The number of nitrogens with zero attached hydrogens (tertiary/aromatic N) is 1. The summed E-state index contributed by atoms with van der Waals surface area (Å²) >= 11 is 0. The predicted octanol–water partition coefficient (Wildman–Crippen LogP) is 0.821. The zero-order chi connectivity index (χ0) is 8.97. The number of terminal acetylenes is 1. The largest absolute Gasteiger partial charge is 0.328 e. The van der Waals surface area contributed by atoms with Crippen molar-refractivity contribution in [2.75, 3.05) is 13.1 Å². The van der Waals surface area contributed by atoms with Crippen molar-refractivity contribution >= 4 is 0 Å². The van der Waals surface area contributed by atoms with Crippen LogP contribution in [0, 0.1) is 12.3 Å². The Morgan fingerprint density at radius 3 is 2.58 bits per heavy atom. The van der Waals surface area contributed by atoms with E-state index < -0.39 is 0 Å². The van der Waals surface area contributed by atoms with Crippen LogP contribution >= 0.6 is 0 Å². The van der Waals surface area contributed by atoms with Gasteiger partial charge in [0, 0.05) is 19.1 Å². The van der Waals surface area contributed by atoms with Crippen LogP contribution in [0.3, 0.4) is 0 Å².